The fourth-order valence-corrected chi connectivity index (χ4v) is 6.00. The minimum atomic E-state index is -3.47. The number of aromatic nitrogens is 4. The number of hydrogen-bond acceptors (Lipinski definition) is 7. The van der Waals surface area contributed by atoms with Crippen molar-refractivity contribution in [3.63, 3.8) is 0 Å². The summed E-state index contributed by atoms with van der Waals surface area (Å²) in [4.78, 5) is 16.4. The Morgan fingerprint density at radius 1 is 0.974 bits per heavy atom. The van der Waals surface area contributed by atoms with Crippen LogP contribution in [-0.4, -0.2) is 41.5 Å². The topological polar surface area (TPSA) is 122 Å². The molecular formula is C28H34N6O3S. The van der Waals surface area contributed by atoms with Gasteiger partial charge >= 0.3 is 0 Å². The van der Waals surface area contributed by atoms with E-state index in [1.807, 2.05) is 42.5 Å². The summed E-state index contributed by atoms with van der Waals surface area (Å²) in [5.74, 6) is 1.25. The van der Waals surface area contributed by atoms with E-state index in [2.05, 4.69) is 30.0 Å². The van der Waals surface area contributed by atoms with Gasteiger partial charge in [-0.05, 0) is 54.9 Å². The number of imidazole rings is 1. The van der Waals surface area contributed by atoms with Crippen LogP contribution < -0.4 is 14.8 Å². The maximum atomic E-state index is 12.7. The molecule has 0 unspecified atom stereocenters. The molecule has 1 fully saturated rings. The van der Waals surface area contributed by atoms with Crippen molar-refractivity contribution >= 4 is 32.8 Å². The molecule has 10 heteroatoms. The number of hydrogen-bond donors (Lipinski definition) is 3. The van der Waals surface area contributed by atoms with Gasteiger partial charge < -0.3 is 15.0 Å². The van der Waals surface area contributed by atoms with Crippen LogP contribution in [0.2, 0.25) is 0 Å². The average Bonchev–Trinajstić information content (AvgIpc) is 3.40. The lowest BCUT2D eigenvalue weighted by Gasteiger charge is -2.21. The number of rotatable bonds is 12. The van der Waals surface area contributed by atoms with Gasteiger partial charge in [-0.3, -0.25) is 0 Å². The molecule has 0 atom stereocenters. The van der Waals surface area contributed by atoms with Crippen LogP contribution in [0.15, 0.2) is 60.9 Å². The summed E-state index contributed by atoms with van der Waals surface area (Å²) in [5.41, 5.74) is 3.74. The molecule has 0 radical (unpaired) electrons. The molecule has 200 valence electrons. The molecule has 38 heavy (non-hydrogen) atoms. The molecule has 1 aliphatic carbocycles. The number of fused-ring (bicyclic) bond motifs is 1. The highest BCUT2D eigenvalue weighted by Gasteiger charge is 2.17. The number of aryl methyl sites for hydroxylation is 1. The molecule has 0 amide bonds. The lowest BCUT2D eigenvalue weighted by atomic mass is 9.90. The first-order valence-electron chi connectivity index (χ1n) is 13.3. The molecule has 1 aliphatic rings. The van der Waals surface area contributed by atoms with Crippen molar-refractivity contribution in [1.82, 2.24) is 24.7 Å². The van der Waals surface area contributed by atoms with Gasteiger partial charge in [0.05, 0.1) is 18.7 Å². The zero-order valence-electron chi connectivity index (χ0n) is 21.4. The molecule has 9 nitrogen and oxygen atoms in total. The summed E-state index contributed by atoms with van der Waals surface area (Å²) >= 11 is 0. The van der Waals surface area contributed by atoms with Gasteiger partial charge in [-0.2, -0.15) is 9.97 Å². The van der Waals surface area contributed by atoms with Crippen LogP contribution in [0.4, 0.5) is 11.6 Å². The normalized spacial score (nSPS) is 14.5. The highest BCUT2D eigenvalue weighted by Crippen LogP contribution is 2.27. The van der Waals surface area contributed by atoms with Gasteiger partial charge in [0.2, 0.25) is 21.9 Å². The van der Waals surface area contributed by atoms with Crippen LogP contribution in [0.1, 0.15) is 49.7 Å². The number of nitrogens with zero attached hydrogens (tertiary/aromatic N) is 3. The van der Waals surface area contributed by atoms with E-state index in [1.54, 1.807) is 18.5 Å². The molecule has 1 saturated carbocycles. The maximum absolute atomic E-state index is 12.7. The van der Waals surface area contributed by atoms with Crippen LogP contribution in [0.5, 0.6) is 5.88 Å². The summed E-state index contributed by atoms with van der Waals surface area (Å²) in [7, 11) is -3.47. The van der Waals surface area contributed by atoms with Crippen molar-refractivity contribution in [2.24, 2.45) is 5.92 Å². The van der Waals surface area contributed by atoms with Crippen molar-refractivity contribution in [3.05, 3.63) is 72.1 Å². The number of benzene rings is 2. The Hall–Kier alpha value is -3.50. The average molecular weight is 535 g/mol. The van der Waals surface area contributed by atoms with E-state index in [1.165, 1.54) is 37.7 Å². The summed E-state index contributed by atoms with van der Waals surface area (Å²) in [5, 5.41) is 3.19. The number of ether oxygens (including phenoxy) is 1. The smallest absolute Gasteiger partial charge is 0.245 e. The number of nitrogens with one attached hydrogen (secondary N) is 3. The van der Waals surface area contributed by atoms with E-state index in [-0.39, 0.29) is 5.75 Å². The molecule has 2 aromatic carbocycles. The number of sulfonamides is 1. The third kappa shape index (κ3) is 7.29. The van der Waals surface area contributed by atoms with Gasteiger partial charge in [-0.25, -0.2) is 18.1 Å². The SMILES string of the molecule is O=S(=O)(Cc1cccc(Nc2nc(OCC3CCCCC3)c3[nH]cnc3n2)c1)NCCCc1ccccc1. The van der Waals surface area contributed by atoms with Gasteiger partial charge in [-0.15, -0.1) is 0 Å². The molecule has 0 aliphatic heterocycles. The molecule has 0 spiro atoms. The highest BCUT2D eigenvalue weighted by molar-refractivity contribution is 7.88. The Kier molecular flexibility index (Phi) is 8.50. The Morgan fingerprint density at radius 2 is 1.79 bits per heavy atom. The second-order valence-corrected chi connectivity index (χ2v) is 11.6. The first kappa shape index (κ1) is 26.1. The van der Waals surface area contributed by atoms with E-state index in [4.69, 9.17) is 4.74 Å². The molecule has 0 bridgehead atoms. The molecule has 2 aromatic heterocycles. The molecular weight excluding hydrogens is 500 g/mol. The predicted molar refractivity (Wildman–Crippen MR) is 149 cm³/mol. The second kappa shape index (κ2) is 12.4. The van der Waals surface area contributed by atoms with E-state index in [0.29, 0.717) is 53.3 Å². The van der Waals surface area contributed by atoms with E-state index >= 15 is 0 Å². The standard InChI is InChI=1S/C28H34N6O3S/c35-38(36,31-16-8-14-21-9-3-1-4-10-21)19-23-13-7-15-24(17-23)32-28-33-26-25(29-20-30-26)27(34-28)37-18-22-11-5-2-6-12-22/h1,3-4,7,9-10,13,15,17,20,22,31H,2,5-6,8,11-12,14,16,18-19H2,(H2,29,30,32,33,34). The monoisotopic (exact) mass is 534 g/mol. The molecule has 0 saturated heterocycles. The minimum Gasteiger partial charge on any atom is -0.476 e. The second-order valence-electron chi connectivity index (χ2n) is 9.84. The Labute approximate surface area is 223 Å². The summed E-state index contributed by atoms with van der Waals surface area (Å²) in [6, 6.07) is 17.3. The van der Waals surface area contributed by atoms with Gasteiger partial charge in [-0.1, -0.05) is 61.7 Å². The van der Waals surface area contributed by atoms with Crippen LogP contribution in [-0.2, 0) is 22.2 Å². The van der Waals surface area contributed by atoms with Crippen LogP contribution in [0.3, 0.4) is 0 Å². The van der Waals surface area contributed by atoms with Crippen molar-refractivity contribution < 1.29 is 13.2 Å². The zero-order valence-corrected chi connectivity index (χ0v) is 22.2. The van der Waals surface area contributed by atoms with Crippen molar-refractivity contribution in [1.29, 1.82) is 0 Å². The van der Waals surface area contributed by atoms with Gasteiger partial charge in [0.1, 0.15) is 5.52 Å². The first-order chi connectivity index (χ1) is 18.5. The largest absolute Gasteiger partial charge is 0.476 e. The quantitative estimate of drug-likeness (QED) is 0.216. The number of H-pyrrole nitrogens is 1. The lowest BCUT2D eigenvalue weighted by molar-refractivity contribution is 0.205. The van der Waals surface area contributed by atoms with Crippen LogP contribution in [0.25, 0.3) is 11.2 Å². The fourth-order valence-electron chi connectivity index (χ4n) is 4.82. The number of anilines is 2. The number of aromatic amines is 1. The molecule has 4 aromatic rings. The van der Waals surface area contributed by atoms with E-state index in [0.717, 1.165) is 12.8 Å². The lowest BCUT2D eigenvalue weighted by Crippen LogP contribution is -2.26. The van der Waals surface area contributed by atoms with Crippen molar-refractivity contribution in [2.45, 2.75) is 50.7 Å². The fraction of sp³-hybridized carbons (Fsp3) is 0.393. The molecule has 3 N–H and O–H groups in total. The van der Waals surface area contributed by atoms with Crippen LogP contribution in [0, 0.1) is 5.92 Å². The molecule has 2 heterocycles. The van der Waals surface area contributed by atoms with Gasteiger partial charge in [0, 0.05) is 12.2 Å². The Bertz CT molecular complexity index is 1440. The zero-order chi connectivity index (χ0) is 26.2. The van der Waals surface area contributed by atoms with Crippen molar-refractivity contribution in [2.75, 3.05) is 18.5 Å². The third-order valence-corrected chi connectivity index (χ3v) is 8.14. The van der Waals surface area contributed by atoms with E-state index < -0.39 is 10.0 Å². The summed E-state index contributed by atoms with van der Waals surface area (Å²) in [6.45, 7) is 1.02. The molecule has 5 rings (SSSR count). The minimum absolute atomic E-state index is 0.108. The first-order valence-corrected chi connectivity index (χ1v) is 14.9. The summed E-state index contributed by atoms with van der Waals surface area (Å²) in [6.07, 6.45) is 9.30. The van der Waals surface area contributed by atoms with E-state index in [9.17, 15) is 8.42 Å². The van der Waals surface area contributed by atoms with Gasteiger partial charge in [0.25, 0.3) is 0 Å². The Morgan fingerprint density at radius 3 is 2.63 bits per heavy atom. The third-order valence-electron chi connectivity index (χ3n) is 6.78. The Balaban J connectivity index is 1.20. The summed E-state index contributed by atoms with van der Waals surface area (Å²) < 4.78 is 34.1. The van der Waals surface area contributed by atoms with Gasteiger partial charge in [0.15, 0.2) is 5.65 Å². The highest BCUT2D eigenvalue weighted by atomic mass is 32.2. The van der Waals surface area contributed by atoms with Crippen molar-refractivity contribution in [3.8, 4) is 5.88 Å². The van der Waals surface area contributed by atoms with Crippen LogP contribution >= 0.6 is 0 Å². The maximum Gasteiger partial charge on any atom is 0.245 e. The predicted octanol–water partition coefficient (Wildman–Crippen LogP) is 5.11.